The van der Waals surface area contributed by atoms with E-state index in [4.69, 9.17) is 0 Å². The first-order chi connectivity index (χ1) is 13.9. The van der Waals surface area contributed by atoms with Gasteiger partial charge in [0.1, 0.15) is 5.82 Å². The van der Waals surface area contributed by atoms with Crippen LogP contribution >= 0.6 is 0 Å². The van der Waals surface area contributed by atoms with Crippen LogP contribution in [0.1, 0.15) is 11.1 Å². The van der Waals surface area contributed by atoms with Gasteiger partial charge in [-0.1, -0.05) is 48.5 Å². The summed E-state index contributed by atoms with van der Waals surface area (Å²) >= 11 is 0. The van der Waals surface area contributed by atoms with Crippen molar-refractivity contribution in [1.82, 2.24) is 0 Å². The van der Waals surface area contributed by atoms with Gasteiger partial charge in [-0.15, -0.1) is 0 Å². The molecule has 0 bridgehead atoms. The molecule has 7 heteroatoms. The molecule has 3 aromatic carbocycles. The fourth-order valence-corrected chi connectivity index (χ4v) is 4.30. The Labute approximate surface area is 169 Å². The van der Waals surface area contributed by atoms with Gasteiger partial charge in [-0.05, 0) is 35.9 Å². The Kier molecular flexibility index (Phi) is 6.29. The number of benzene rings is 3. The van der Waals surface area contributed by atoms with Crippen molar-refractivity contribution in [3.05, 3.63) is 95.8 Å². The number of methoxy groups -OCH3 is 1. The molecule has 29 heavy (non-hydrogen) atoms. The number of nitrogens with zero attached hydrogens (tertiary/aromatic N) is 1. The number of rotatable bonds is 7. The summed E-state index contributed by atoms with van der Waals surface area (Å²) in [7, 11) is -2.63. The molecule has 0 N–H and O–H groups in total. The van der Waals surface area contributed by atoms with Crippen molar-refractivity contribution >= 4 is 21.7 Å². The molecule has 0 aromatic heterocycles. The summed E-state index contributed by atoms with van der Waals surface area (Å²) in [6, 6.07) is 20.5. The summed E-state index contributed by atoms with van der Waals surface area (Å²) in [5.41, 5.74) is 1.31. The second kappa shape index (κ2) is 8.87. The van der Waals surface area contributed by atoms with E-state index in [1.807, 2.05) is 0 Å². The molecule has 0 heterocycles. The van der Waals surface area contributed by atoms with Crippen LogP contribution in [0.15, 0.2) is 83.8 Å². The number of anilines is 1. The zero-order chi connectivity index (χ0) is 20.9. The molecule has 0 amide bonds. The maximum absolute atomic E-state index is 14.2. The first-order valence-electron chi connectivity index (χ1n) is 8.89. The largest absolute Gasteiger partial charge is 0.469 e. The van der Waals surface area contributed by atoms with Gasteiger partial charge in [0.2, 0.25) is 0 Å². The average molecular weight is 413 g/mol. The fraction of sp³-hybridized carbons (Fsp3) is 0.136. The van der Waals surface area contributed by atoms with E-state index in [1.54, 1.807) is 60.7 Å². The highest BCUT2D eigenvalue weighted by atomic mass is 32.2. The summed E-state index contributed by atoms with van der Waals surface area (Å²) in [4.78, 5) is 11.6. The van der Waals surface area contributed by atoms with Crippen LogP contribution in [-0.4, -0.2) is 21.5 Å². The van der Waals surface area contributed by atoms with Gasteiger partial charge in [-0.2, -0.15) is 0 Å². The lowest BCUT2D eigenvalue weighted by molar-refractivity contribution is -0.139. The topological polar surface area (TPSA) is 63.7 Å². The molecular weight excluding hydrogens is 393 g/mol. The predicted molar refractivity (Wildman–Crippen MR) is 108 cm³/mol. The number of hydrogen-bond acceptors (Lipinski definition) is 4. The maximum Gasteiger partial charge on any atom is 0.309 e. The molecular formula is C22H20FNO4S. The normalized spacial score (nSPS) is 11.1. The number of hydrogen-bond donors (Lipinski definition) is 0. The van der Waals surface area contributed by atoms with Gasteiger partial charge < -0.3 is 4.74 Å². The molecule has 0 radical (unpaired) electrons. The average Bonchev–Trinajstić information content (AvgIpc) is 2.74. The Balaban J connectivity index is 2.01. The molecule has 0 saturated heterocycles. The third-order valence-corrected chi connectivity index (χ3v) is 6.19. The number of halogens is 1. The van der Waals surface area contributed by atoms with Crippen molar-refractivity contribution in [3.63, 3.8) is 0 Å². The summed E-state index contributed by atoms with van der Waals surface area (Å²) < 4.78 is 46.6. The van der Waals surface area contributed by atoms with Crippen molar-refractivity contribution in [2.75, 3.05) is 11.4 Å². The molecule has 0 atom stereocenters. The lowest BCUT2D eigenvalue weighted by atomic mass is 10.1. The standard InChI is InChI=1S/C22H20FNO4S/c1-28-22(25)15-17-11-13-19(14-12-17)24(16-18-7-5-6-10-21(18)23)29(26,27)20-8-3-2-4-9-20/h2-14H,15-16H2,1H3. The number of carbonyl (C=O) groups is 1. The highest BCUT2D eigenvalue weighted by Crippen LogP contribution is 2.27. The van der Waals surface area contributed by atoms with E-state index in [2.05, 4.69) is 4.74 Å². The summed E-state index contributed by atoms with van der Waals surface area (Å²) in [5.74, 6) is -0.874. The smallest absolute Gasteiger partial charge is 0.309 e. The van der Waals surface area contributed by atoms with Gasteiger partial charge in [0, 0.05) is 5.56 Å². The van der Waals surface area contributed by atoms with E-state index in [0.717, 1.165) is 4.31 Å². The molecule has 0 aliphatic carbocycles. The van der Waals surface area contributed by atoms with Crippen LogP contribution in [0.4, 0.5) is 10.1 Å². The third kappa shape index (κ3) is 4.81. The molecule has 3 aromatic rings. The van der Waals surface area contributed by atoms with Crippen LogP contribution in [0.2, 0.25) is 0 Å². The second-order valence-electron chi connectivity index (χ2n) is 6.34. The minimum Gasteiger partial charge on any atom is -0.469 e. The molecule has 0 unspecified atom stereocenters. The molecule has 0 saturated carbocycles. The lowest BCUT2D eigenvalue weighted by Crippen LogP contribution is -2.31. The Hall–Kier alpha value is -3.19. The molecule has 0 fully saturated rings. The summed E-state index contributed by atoms with van der Waals surface area (Å²) in [6.45, 7) is -0.166. The minimum atomic E-state index is -3.93. The van der Waals surface area contributed by atoms with Crippen molar-refractivity contribution in [2.24, 2.45) is 0 Å². The Morgan fingerprint density at radius 3 is 2.17 bits per heavy atom. The Morgan fingerprint density at radius 2 is 1.55 bits per heavy atom. The summed E-state index contributed by atoms with van der Waals surface area (Å²) in [6.07, 6.45) is 0.0789. The van der Waals surface area contributed by atoms with E-state index < -0.39 is 21.8 Å². The molecule has 0 aliphatic rings. The SMILES string of the molecule is COC(=O)Cc1ccc(N(Cc2ccccc2F)S(=O)(=O)c2ccccc2)cc1. The first-order valence-corrected chi connectivity index (χ1v) is 10.3. The predicted octanol–water partition coefficient (Wildman–Crippen LogP) is 3.94. The summed E-state index contributed by atoms with van der Waals surface area (Å²) in [5, 5.41) is 0. The van der Waals surface area contributed by atoms with Gasteiger partial charge in [-0.25, -0.2) is 12.8 Å². The molecule has 0 aliphatic heterocycles. The number of esters is 1. The molecule has 3 rings (SSSR count). The van der Waals surface area contributed by atoms with Gasteiger partial charge in [0.05, 0.1) is 30.7 Å². The number of sulfonamides is 1. The lowest BCUT2D eigenvalue weighted by Gasteiger charge is -2.25. The minimum absolute atomic E-state index is 0.0789. The van der Waals surface area contributed by atoms with Crippen LogP contribution in [0, 0.1) is 5.82 Å². The molecule has 0 spiro atoms. The molecule has 150 valence electrons. The molecule has 5 nitrogen and oxygen atoms in total. The van der Waals surface area contributed by atoms with E-state index in [1.165, 1.54) is 25.3 Å². The maximum atomic E-state index is 14.2. The van der Waals surface area contributed by atoms with E-state index in [0.29, 0.717) is 11.3 Å². The Morgan fingerprint density at radius 1 is 0.931 bits per heavy atom. The van der Waals surface area contributed by atoms with Crippen molar-refractivity contribution in [1.29, 1.82) is 0 Å². The monoisotopic (exact) mass is 413 g/mol. The van der Waals surface area contributed by atoms with Crippen LogP contribution < -0.4 is 4.31 Å². The van der Waals surface area contributed by atoms with Gasteiger partial charge in [0.15, 0.2) is 0 Å². The van der Waals surface area contributed by atoms with Crippen molar-refractivity contribution in [3.8, 4) is 0 Å². The Bertz CT molecular complexity index is 1080. The highest BCUT2D eigenvalue weighted by Gasteiger charge is 2.26. The number of ether oxygens (including phenoxy) is 1. The highest BCUT2D eigenvalue weighted by molar-refractivity contribution is 7.92. The van der Waals surface area contributed by atoms with Gasteiger partial charge in [-0.3, -0.25) is 9.10 Å². The van der Waals surface area contributed by atoms with E-state index in [9.17, 15) is 17.6 Å². The van der Waals surface area contributed by atoms with E-state index >= 15 is 0 Å². The van der Waals surface area contributed by atoms with Crippen LogP contribution in [0.3, 0.4) is 0 Å². The van der Waals surface area contributed by atoms with Crippen molar-refractivity contribution < 1.29 is 22.3 Å². The zero-order valence-corrected chi connectivity index (χ0v) is 16.6. The van der Waals surface area contributed by atoms with Gasteiger partial charge in [0.25, 0.3) is 10.0 Å². The van der Waals surface area contributed by atoms with E-state index in [-0.39, 0.29) is 23.4 Å². The second-order valence-corrected chi connectivity index (χ2v) is 8.20. The van der Waals surface area contributed by atoms with Crippen LogP contribution in [0.5, 0.6) is 0 Å². The third-order valence-electron chi connectivity index (χ3n) is 4.40. The van der Waals surface area contributed by atoms with Crippen LogP contribution in [0.25, 0.3) is 0 Å². The zero-order valence-electron chi connectivity index (χ0n) is 15.8. The van der Waals surface area contributed by atoms with Gasteiger partial charge >= 0.3 is 5.97 Å². The first kappa shape index (κ1) is 20.5. The van der Waals surface area contributed by atoms with Crippen molar-refractivity contribution in [2.45, 2.75) is 17.9 Å². The van der Waals surface area contributed by atoms with Crippen LogP contribution in [-0.2, 0) is 32.5 Å². The quantitative estimate of drug-likeness (QED) is 0.551. The fourth-order valence-electron chi connectivity index (χ4n) is 2.83. The number of carbonyl (C=O) groups excluding carboxylic acids is 1.